The molecule has 1 aliphatic carbocycles. The Kier molecular flexibility index (Phi) is 8.86. The standard InChI is InChI=1S/C25H37FN2O2/c1-2-24(29)25(30)9-5-6-20-10-12-21(13-11-20)14-15-27-16-18-28(19-17-27)23-8-4-3-7-22(23)26/h3-4,7-8,20-21H,2,5-6,9-19H2,1H3. The van der Waals surface area contributed by atoms with E-state index in [0.29, 0.717) is 12.8 Å². The number of Topliss-reactive ketones (excluding diaryl/α,β-unsaturated/α-hetero) is 2. The van der Waals surface area contributed by atoms with E-state index in [-0.39, 0.29) is 17.4 Å². The molecule has 1 aromatic carbocycles. The molecule has 0 N–H and O–H groups in total. The maximum absolute atomic E-state index is 14.0. The second kappa shape index (κ2) is 11.6. The van der Waals surface area contributed by atoms with E-state index in [1.165, 1.54) is 32.1 Å². The van der Waals surface area contributed by atoms with Crippen LogP contribution in [0.4, 0.5) is 10.1 Å². The molecule has 0 unspecified atom stereocenters. The number of carbonyl (C=O) groups excluding carboxylic acids is 2. The van der Waals surface area contributed by atoms with Crippen molar-refractivity contribution in [1.29, 1.82) is 0 Å². The van der Waals surface area contributed by atoms with Gasteiger partial charge in [0.05, 0.1) is 5.69 Å². The number of nitrogens with zero attached hydrogens (tertiary/aromatic N) is 2. The normalized spacial score (nSPS) is 22.8. The van der Waals surface area contributed by atoms with E-state index in [1.54, 1.807) is 19.1 Å². The lowest BCUT2D eigenvalue weighted by molar-refractivity contribution is -0.136. The quantitative estimate of drug-likeness (QED) is 0.511. The van der Waals surface area contributed by atoms with Crippen molar-refractivity contribution in [3.63, 3.8) is 0 Å². The lowest BCUT2D eigenvalue weighted by Crippen LogP contribution is -2.47. The van der Waals surface area contributed by atoms with E-state index < -0.39 is 0 Å². The molecule has 1 saturated carbocycles. The van der Waals surface area contributed by atoms with Crippen LogP contribution in [0.15, 0.2) is 24.3 Å². The highest BCUT2D eigenvalue weighted by molar-refractivity contribution is 6.37. The highest BCUT2D eigenvalue weighted by Crippen LogP contribution is 2.33. The predicted octanol–water partition coefficient (Wildman–Crippen LogP) is 4.86. The molecule has 5 heteroatoms. The second-order valence-electron chi connectivity index (χ2n) is 9.05. The highest BCUT2D eigenvalue weighted by Gasteiger charge is 2.24. The summed E-state index contributed by atoms with van der Waals surface area (Å²) in [5, 5.41) is 0. The van der Waals surface area contributed by atoms with Gasteiger partial charge in [-0.15, -0.1) is 0 Å². The number of anilines is 1. The van der Waals surface area contributed by atoms with Crippen LogP contribution in [0, 0.1) is 17.7 Å². The van der Waals surface area contributed by atoms with Crippen LogP contribution in [0.3, 0.4) is 0 Å². The zero-order valence-corrected chi connectivity index (χ0v) is 18.5. The van der Waals surface area contributed by atoms with Crippen molar-refractivity contribution in [1.82, 2.24) is 4.90 Å². The van der Waals surface area contributed by atoms with Crippen LogP contribution in [0.2, 0.25) is 0 Å². The van der Waals surface area contributed by atoms with Crippen LogP contribution in [0.5, 0.6) is 0 Å². The van der Waals surface area contributed by atoms with E-state index in [0.717, 1.165) is 63.1 Å². The van der Waals surface area contributed by atoms with Crippen LogP contribution < -0.4 is 4.90 Å². The number of halogens is 1. The summed E-state index contributed by atoms with van der Waals surface area (Å²) in [6, 6.07) is 7.07. The van der Waals surface area contributed by atoms with Crippen LogP contribution in [0.25, 0.3) is 0 Å². The first-order valence-electron chi connectivity index (χ1n) is 11.8. The fourth-order valence-electron chi connectivity index (χ4n) is 4.98. The number of piperazine rings is 1. The molecule has 1 aliphatic heterocycles. The summed E-state index contributed by atoms with van der Waals surface area (Å²) >= 11 is 0. The summed E-state index contributed by atoms with van der Waals surface area (Å²) in [6.45, 7) is 6.71. The van der Waals surface area contributed by atoms with Gasteiger partial charge in [-0.2, -0.15) is 0 Å². The molecule has 30 heavy (non-hydrogen) atoms. The van der Waals surface area contributed by atoms with Gasteiger partial charge in [-0.05, 0) is 43.4 Å². The average Bonchev–Trinajstić information content (AvgIpc) is 2.78. The summed E-state index contributed by atoms with van der Waals surface area (Å²) < 4.78 is 14.0. The maximum atomic E-state index is 14.0. The fraction of sp³-hybridized carbons (Fsp3) is 0.680. The third kappa shape index (κ3) is 6.63. The molecule has 0 amide bonds. The van der Waals surface area contributed by atoms with Crippen molar-refractivity contribution in [2.75, 3.05) is 37.6 Å². The number of hydrogen-bond donors (Lipinski definition) is 0. The zero-order chi connectivity index (χ0) is 21.3. The van der Waals surface area contributed by atoms with Gasteiger partial charge in [0.15, 0.2) is 11.6 Å². The first-order chi connectivity index (χ1) is 14.6. The molecule has 166 valence electrons. The molecule has 1 saturated heterocycles. The molecule has 3 rings (SSSR count). The van der Waals surface area contributed by atoms with Gasteiger partial charge in [0.2, 0.25) is 0 Å². The number of rotatable bonds is 10. The number of hydrogen-bond acceptors (Lipinski definition) is 4. The largest absolute Gasteiger partial charge is 0.367 e. The predicted molar refractivity (Wildman–Crippen MR) is 119 cm³/mol. The zero-order valence-electron chi connectivity index (χ0n) is 18.5. The summed E-state index contributed by atoms with van der Waals surface area (Å²) in [7, 11) is 0. The lowest BCUT2D eigenvalue weighted by atomic mass is 9.78. The highest BCUT2D eigenvalue weighted by atomic mass is 19.1. The average molecular weight is 417 g/mol. The van der Waals surface area contributed by atoms with E-state index in [4.69, 9.17) is 0 Å². The maximum Gasteiger partial charge on any atom is 0.198 e. The second-order valence-corrected chi connectivity index (χ2v) is 9.05. The molecule has 0 spiro atoms. The summed E-state index contributed by atoms with van der Waals surface area (Å²) in [4.78, 5) is 27.7. The topological polar surface area (TPSA) is 40.6 Å². The van der Waals surface area contributed by atoms with Crippen molar-refractivity contribution in [2.24, 2.45) is 11.8 Å². The van der Waals surface area contributed by atoms with E-state index in [9.17, 15) is 14.0 Å². The van der Waals surface area contributed by atoms with Crippen molar-refractivity contribution in [2.45, 2.75) is 64.7 Å². The fourth-order valence-corrected chi connectivity index (χ4v) is 4.98. The van der Waals surface area contributed by atoms with Gasteiger partial charge >= 0.3 is 0 Å². The Balaban J connectivity index is 1.28. The van der Waals surface area contributed by atoms with Gasteiger partial charge in [-0.3, -0.25) is 14.5 Å². The molecule has 2 aliphatic rings. The van der Waals surface area contributed by atoms with Crippen LogP contribution in [-0.2, 0) is 9.59 Å². The first-order valence-corrected chi connectivity index (χ1v) is 11.8. The molecule has 0 aromatic heterocycles. The van der Waals surface area contributed by atoms with E-state index in [1.807, 2.05) is 12.1 Å². The Morgan fingerprint density at radius 1 is 0.933 bits per heavy atom. The molecular weight excluding hydrogens is 379 g/mol. The first kappa shape index (κ1) is 22.9. The molecule has 1 heterocycles. The Bertz CT molecular complexity index is 692. The Hall–Kier alpha value is -1.75. The Labute approximate surface area is 180 Å². The minimum absolute atomic E-state index is 0.121. The van der Waals surface area contributed by atoms with Crippen molar-refractivity contribution in [3.05, 3.63) is 30.1 Å². The summed E-state index contributed by atoms with van der Waals surface area (Å²) in [6.07, 6.45) is 9.11. The molecule has 2 fully saturated rings. The van der Waals surface area contributed by atoms with Crippen molar-refractivity contribution < 1.29 is 14.0 Å². The van der Waals surface area contributed by atoms with Gasteiger partial charge in [0.1, 0.15) is 5.82 Å². The number of ketones is 2. The van der Waals surface area contributed by atoms with E-state index in [2.05, 4.69) is 9.80 Å². The number of benzene rings is 1. The minimum Gasteiger partial charge on any atom is -0.367 e. The molecule has 0 atom stereocenters. The van der Waals surface area contributed by atoms with Gasteiger partial charge < -0.3 is 4.90 Å². The molecule has 0 bridgehead atoms. The molecular formula is C25H37FN2O2. The van der Waals surface area contributed by atoms with Gasteiger partial charge in [0.25, 0.3) is 0 Å². The SMILES string of the molecule is CCC(=O)C(=O)CCCC1CCC(CCN2CCN(c3ccccc3F)CC2)CC1. The third-order valence-electron chi connectivity index (χ3n) is 7.03. The monoisotopic (exact) mass is 416 g/mol. The number of para-hydroxylation sites is 1. The molecule has 4 nitrogen and oxygen atoms in total. The summed E-state index contributed by atoms with van der Waals surface area (Å²) in [5.74, 6) is 1.03. The lowest BCUT2D eigenvalue weighted by Gasteiger charge is -2.37. The summed E-state index contributed by atoms with van der Waals surface area (Å²) in [5.41, 5.74) is 0.733. The van der Waals surface area contributed by atoms with Crippen LogP contribution in [0.1, 0.15) is 64.7 Å². The van der Waals surface area contributed by atoms with Crippen molar-refractivity contribution in [3.8, 4) is 0 Å². The van der Waals surface area contributed by atoms with Gasteiger partial charge in [0, 0.05) is 39.0 Å². The Morgan fingerprint density at radius 3 is 2.20 bits per heavy atom. The van der Waals surface area contributed by atoms with Crippen molar-refractivity contribution >= 4 is 17.3 Å². The third-order valence-corrected chi connectivity index (χ3v) is 7.03. The molecule has 0 radical (unpaired) electrons. The Morgan fingerprint density at radius 2 is 1.57 bits per heavy atom. The smallest absolute Gasteiger partial charge is 0.198 e. The van der Waals surface area contributed by atoms with Gasteiger partial charge in [-0.25, -0.2) is 4.39 Å². The number of carbonyl (C=O) groups is 2. The van der Waals surface area contributed by atoms with Gasteiger partial charge in [-0.1, -0.05) is 51.2 Å². The molecule has 1 aromatic rings. The van der Waals surface area contributed by atoms with Crippen LogP contribution >= 0.6 is 0 Å². The van der Waals surface area contributed by atoms with E-state index >= 15 is 0 Å². The van der Waals surface area contributed by atoms with Crippen LogP contribution in [-0.4, -0.2) is 49.2 Å². The minimum atomic E-state index is -0.214.